The molecule has 0 aliphatic carbocycles. The summed E-state index contributed by atoms with van der Waals surface area (Å²) in [5.41, 5.74) is -2.04. The Morgan fingerprint density at radius 3 is 2.55 bits per heavy atom. The molecular formula is C17H14F5N5O3S. The van der Waals surface area contributed by atoms with Crippen LogP contribution in [0, 0.1) is 6.92 Å². The Hall–Kier alpha value is -3.16. The maximum atomic E-state index is 13.9. The van der Waals surface area contributed by atoms with Crippen LogP contribution in [-0.2, 0) is 21.9 Å². The average molecular weight is 463 g/mol. The van der Waals surface area contributed by atoms with Crippen molar-refractivity contribution in [3.63, 3.8) is 0 Å². The van der Waals surface area contributed by atoms with Crippen LogP contribution in [0.3, 0.4) is 0 Å². The van der Waals surface area contributed by atoms with Crippen LogP contribution in [0.4, 0.5) is 27.1 Å². The van der Waals surface area contributed by atoms with Crippen LogP contribution in [-0.4, -0.2) is 44.2 Å². The molecule has 14 heteroatoms. The molecule has 3 aromatic heterocycles. The van der Waals surface area contributed by atoms with Crippen molar-refractivity contribution in [3.8, 4) is 0 Å². The topological polar surface area (TPSA) is 98.5 Å². The number of anilines is 1. The standard InChI is InChI=1S/C17H14F5N5O3S/c1-3-30-13(28)5-9-7-31-15(24-9)25-14(29)10-6-12-23-8(2)4-11(27(12)26-10)16(18,19)17(20,21)22/h4,6-7H,3,5H2,1-2H3,(H,24,25,29). The lowest BCUT2D eigenvalue weighted by atomic mass is 10.2. The number of esters is 1. The number of hydrogen-bond donors (Lipinski definition) is 1. The monoisotopic (exact) mass is 463 g/mol. The van der Waals surface area contributed by atoms with E-state index in [1.165, 1.54) is 12.3 Å². The Morgan fingerprint density at radius 2 is 1.90 bits per heavy atom. The third-order valence-corrected chi connectivity index (χ3v) is 4.68. The van der Waals surface area contributed by atoms with Gasteiger partial charge in [0.25, 0.3) is 5.91 Å². The SMILES string of the molecule is CCOC(=O)Cc1csc(NC(=O)c2cc3nc(C)cc(C(F)(F)C(F)(F)F)n3n2)n1. The summed E-state index contributed by atoms with van der Waals surface area (Å²) in [6, 6.07) is 1.53. The highest BCUT2D eigenvalue weighted by atomic mass is 32.1. The number of rotatable bonds is 6. The molecule has 0 aromatic carbocycles. The summed E-state index contributed by atoms with van der Waals surface area (Å²) < 4.78 is 71.5. The number of halogens is 5. The highest BCUT2D eigenvalue weighted by molar-refractivity contribution is 7.14. The van der Waals surface area contributed by atoms with Crippen LogP contribution in [0.5, 0.6) is 0 Å². The summed E-state index contributed by atoms with van der Waals surface area (Å²) >= 11 is 0.983. The van der Waals surface area contributed by atoms with E-state index in [2.05, 4.69) is 20.4 Å². The van der Waals surface area contributed by atoms with Crippen LogP contribution in [0.2, 0.25) is 0 Å². The van der Waals surface area contributed by atoms with Crippen molar-refractivity contribution in [1.82, 2.24) is 19.6 Å². The molecule has 0 aliphatic rings. The molecule has 166 valence electrons. The van der Waals surface area contributed by atoms with Gasteiger partial charge in [0.1, 0.15) is 5.69 Å². The van der Waals surface area contributed by atoms with Gasteiger partial charge in [0, 0.05) is 17.1 Å². The number of nitrogens with zero attached hydrogens (tertiary/aromatic N) is 4. The minimum Gasteiger partial charge on any atom is -0.466 e. The van der Waals surface area contributed by atoms with Gasteiger partial charge in [-0.2, -0.15) is 27.1 Å². The Morgan fingerprint density at radius 1 is 1.19 bits per heavy atom. The van der Waals surface area contributed by atoms with Crippen LogP contribution < -0.4 is 5.32 Å². The number of ether oxygens (including phenoxy) is 1. The largest absolute Gasteiger partial charge is 0.466 e. The fourth-order valence-electron chi connectivity index (χ4n) is 2.55. The quantitative estimate of drug-likeness (QED) is 0.444. The number of hydrogen-bond acceptors (Lipinski definition) is 7. The molecule has 3 aromatic rings. The predicted molar refractivity (Wildman–Crippen MR) is 98.1 cm³/mol. The molecule has 0 saturated carbocycles. The number of carbonyl (C=O) groups is 2. The molecule has 3 heterocycles. The van der Waals surface area contributed by atoms with Crippen molar-refractivity contribution >= 4 is 34.0 Å². The Kier molecular flexibility index (Phi) is 5.93. The second kappa shape index (κ2) is 8.17. The zero-order chi connectivity index (χ0) is 23.0. The van der Waals surface area contributed by atoms with Crippen LogP contribution in [0.15, 0.2) is 17.5 Å². The molecule has 0 spiro atoms. The molecule has 0 unspecified atom stereocenters. The molecular weight excluding hydrogens is 449 g/mol. The predicted octanol–water partition coefficient (Wildman–Crippen LogP) is 3.51. The first-order chi connectivity index (χ1) is 14.4. The van der Waals surface area contributed by atoms with E-state index in [0.29, 0.717) is 11.8 Å². The lowest BCUT2D eigenvalue weighted by Gasteiger charge is -2.20. The summed E-state index contributed by atoms with van der Waals surface area (Å²) in [6.45, 7) is 3.08. The van der Waals surface area contributed by atoms with Gasteiger partial charge >= 0.3 is 18.1 Å². The Labute approximate surface area is 175 Å². The molecule has 3 rings (SSSR count). The Bertz CT molecular complexity index is 1140. The highest BCUT2D eigenvalue weighted by Crippen LogP contribution is 2.43. The first kappa shape index (κ1) is 22.5. The fraction of sp³-hybridized carbons (Fsp3) is 0.353. The van der Waals surface area contributed by atoms with Crippen LogP contribution in [0.1, 0.15) is 34.5 Å². The lowest BCUT2D eigenvalue weighted by Crippen LogP contribution is -2.36. The number of aryl methyl sites for hydroxylation is 1. The maximum absolute atomic E-state index is 13.9. The van der Waals surface area contributed by atoms with Gasteiger partial charge in [-0.1, -0.05) is 0 Å². The lowest BCUT2D eigenvalue weighted by molar-refractivity contribution is -0.291. The zero-order valence-electron chi connectivity index (χ0n) is 16.0. The van der Waals surface area contributed by atoms with Gasteiger partial charge in [-0.25, -0.2) is 14.5 Å². The second-order valence-corrected chi connectivity index (χ2v) is 7.09. The van der Waals surface area contributed by atoms with Gasteiger partial charge in [-0.3, -0.25) is 14.9 Å². The summed E-state index contributed by atoms with van der Waals surface area (Å²) in [4.78, 5) is 31.8. The second-order valence-electron chi connectivity index (χ2n) is 6.23. The Balaban J connectivity index is 1.87. The van der Waals surface area contributed by atoms with E-state index in [9.17, 15) is 31.5 Å². The van der Waals surface area contributed by atoms with E-state index < -0.39 is 35.4 Å². The minimum atomic E-state index is -5.86. The summed E-state index contributed by atoms with van der Waals surface area (Å²) in [6.07, 6.45) is -5.98. The first-order valence-corrected chi connectivity index (χ1v) is 9.54. The number of alkyl halides is 5. The smallest absolute Gasteiger partial charge is 0.459 e. The number of nitrogens with one attached hydrogen (secondary N) is 1. The average Bonchev–Trinajstić information content (AvgIpc) is 3.26. The fourth-order valence-corrected chi connectivity index (χ4v) is 3.25. The molecule has 0 bridgehead atoms. The van der Waals surface area contributed by atoms with E-state index >= 15 is 0 Å². The summed E-state index contributed by atoms with van der Waals surface area (Å²) in [5, 5.41) is 7.50. The molecule has 8 nitrogen and oxygen atoms in total. The van der Waals surface area contributed by atoms with Gasteiger partial charge in [0.05, 0.1) is 18.7 Å². The molecule has 1 N–H and O–H groups in total. The van der Waals surface area contributed by atoms with E-state index in [-0.39, 0.29) is 34.0 Å². The van der Waals surface area contributed by atoms with Crippen molar-refractivity contribution in [3.05, 3.63) is 40.3 Å². The van der Waals surface area contributed by atoms with Crippen molar-refractivity contribution < 1.29 is 36.3 Å². The molecule has 0 fully saturated rings. The van der Waals surface area contributed by atoms with Crippen molar-refractivity contribution in [2.45, 2.75) is 32.4 Å². The molecule has 0 atom stereocenters. The van der Waals surface area contributed by atoms with Crippen LogP contribution in [0.25, 0.3) is 5.65 Å². The van der Waals surface area contributed by atoms with E-state index in [1.807, 2.05) is 0 Å². The van der Waals surface area contributed by atoms with E-state index in [4.69, 9.17) is 4.74 Å². The van der Waals surface area contributed by atoms with Gasteiger partial charge in [-0.15, -0.1) is 11.3 Å². The summed E-state index contributed by atoms with van der Waals surface area (Å²) in [5.74, 6) is -6.62. The van der Waals surface area contributed by atoms with Crippen molar-refractivity contribution in [2.75, 3.05) is 11.9 Å². The van der Waals surface area contributed by atoms with Crippen molar-refractivity contribution in [2.24, 2.45) is 0 Å². The number of carbonyl (C=O) groups excluding carboxylic acids is 2. The van der Waals surface area contributed by atoms with Crippen LogP contribution >= 0.6 is 11.3 Å². The number of fused-ring (bicyclic) bond motifs is 1. The normalized spacial score (nSPS) is 12.2. The number of thiazole rings is 1. The summed E-state index contributed by atoms with van der Waals surface area (Å²) in [7, 11) is 0. The minimum absolute atomic E-state index is 0.0753. The number of aromatic nitrogens is 4. The third kappa shape index (κ3) is 4.62. The molecule has 0 aliphatic heterocycles. The van der Waals surface area contributed by atoms with Gasteiger partial charge in [0.2, 0.25) is 0 Å². The van der Waals surface area contributed by atoms with Gasteiger partial charge in [0.15, 0.2) is 16.5 Å². The van der Waals surface area contributed by atoms with Gasteiger partial charge < -0.3 is 4.74 Å². The van der Waals surface area contributed by atoms with E-state index in [0.717, 1.165) is 17.4 Å². The third-order valence-electron chi connectivity index (χ3n) is 3.87. The molecule has 0 saturated heterocycles. The molecule has 1 amide bonds. The first-order valence-electron chi connectivity index (χ1n) is 8.66. The van der Waals surface area contributed by atoms with Crippen molar-refractivity contribution in [1.29, 1.82) is 0 Å². The maximum Gasteiger partial charge on any atom is 0.459 e. The van der Waals surface area contributed by atoms with Gasteiger partial charge in [-0.05, 0) is 19.9 Å². The molecule has 31 heavy (non-hydrogen) atoms. The van der Waals surface area contributed by atoms with E-state index in [1.54, 1.807) is 6.92 Å². The zero-order valence-corrected chi connectivity index (χ0v) is 16.8. The molecule has 0 radical (unpaired) electrons. The highest BCUT2D eigenvalue weighted by Gasteiger charge is 2.60. The number of amides is 1.